The molecule has 0 aliphatic carbocycles. The van der Waals surface area contributed by atoms with Gasteiger partial charge in [0.15, 0.2) is 11.3 Å². The second-order valence-corrected chi connectivity index (χ2v) is 4.75. The molecule has 0 saturated heterocycles. The Bertz CT molecular complexity index is 694. The van der Waals surface area contributed by atoms with E-state index in [9.17, 15) is 0 Å². The van der Waals surface area contributed by atoms with E-state index >= 15 is 0 Å². The van der Waals surface area contributed by atoms with Crippen LogP contribution in [0.4, 0.5) is 0 Å². The van der Waals surface area contributed by atoms with Crippen LogP contribution in [0, 0.1) is 13.8 Å². The van der Waals surface area contributed by atoms with Gasteiger partial charge in [-0.15, -0.1) is 0 Å². The van der Waals surface area contributed by atoms with Crippen molar-refractivity contribution in [3.8, 4) is 5.75 Å². The Morgan fingerprint density at radius 1 is 1.05 bits per heavy atom. The third-order valence-corrected chi connectivity index (χ3v) is 3.36. The second-order valence-electron chi connectivity index (χ2n) is 4.75. The molecule has 3 rings (SSSR count). The van der Waals surface area contributed by atoms with Gasteiger partial charge >= 0.3 is 0 Å². The van der Waals surface area contributed by atoms with E-state index in [1.54, 1.807) is 7.11 Å². The zero-order chi connectivity index (χ0) is 13.6. The predicted octanol–water partition coefficient (Wildman–Crippen LogP) is 3.31. The predicted molar refractivity (Wildman–Crippen MR) is 74.8 cm³/mol. The number of nitrogens with two attached hydrogens (primary N) is 1. The van der Waals surface area contributed by atoms with Gasteiger partial charge in [-0.1, -0.05) is 0 Å². The number of hydrogen-bond donors (Lipinski definition) is 1. The molecule has 0 amide bonds. The van der Waals surface area contributed by atoms with E-state index in [1.807, 2.05) is 26.0 Å². The molecule has 4 heteroatoms. The first kappa shape index (κ1) is 12.1. The fourth-order valence-electron chi connectivity index (χ4n) is 2.65. The van der Waals surface area contributed by atoms with Crippen molar-refractivity contribution < 1.29 is 13.6 Å². The molecule has 1 aromatic carbocycles. The molecule has 0 bridgehead atoms. The Hall–Kier alpha value is -1.94. The van der Waals surface area contributed by atoms with Crippen molar-refractivity contribution >= 4 is 21.9 Å². The number of furan rings is 2. The standard InChI is InChI=1S/C15H17NO3/c1-8-6-11-10(4-5-16)13-12(7-9(2)18-13)14(17-3)15(11)19-8/h6-7H,4-5,16H2,1-3H3. The van der Waals surface area contributed by atoms with E-state index in [0.717, 1.165) is 51.2 Å². The maximum atomic E-state index is 5.83. The Morgan fingerprint density at radius 2 is 1.68 bits per heavy atom. The van der Waals surface area contributed by atoms with E-state index in [0.29, 0.717) is 6.54 Å². The number of benzene rings is 1. The number of fused-ring (bicyclic) bond motifs is 2. The summed E-state index contributed by atoms with van der Waals surface area (Å²) in [6.45, 7) is 4.43. The molecule has 0 aliphatic heterocycles. The van der Waals surface area contributed by atoms with Gasteiger partial charge in [0.1, 0.15) is 17.1 Å². The largest absolute Gasteiger partial charge is 0.492 e. The summed E-state index contributed by atoms with van der Waals surface area (Å²) in [4.78, 5) is 0. The van der Waals surface area contributed by atoms with E-state index in [4.69, 9.17) is 19.3 Å². The van der Waals surface area contributed by atoms with Gasteiger partial charge in [0.05, 0.1) is 12.5 Å². The summed E-state index contributed by atoms with van der Waals surface area (Å²) >= 11 is 0. The van der Waals surface area contributed by atoms with Gasteiger partial charge in [-0.25, -0.2) is 0 Å². The van der Waals surface area contributed by atoms with Crippen LogP contribution >= 0.6 is 0 Å². The summed E-state index contributed by atoms with van der Waals surface area (Å²) in [7, 11) is 1.65. The van der Waals surface area contributed by atoms with Crippen LogP contribution in [0.15, 0.2) is 21.0 Å². The van der Waals surface area contributed by atoms with Gasteiger partial charge in [-0.2, -0.15) is 0 Å². The number of ether oxygens (including phenoxy) is 1. The third-order valence-electron chi connectivity index (χ3n) is 3.36. The van der Waals surface area contributed by atoms with Crippen molar-refractivity contribution in [3.63, 3.8) is 0 Å². The lowest BCUT2D eigenvalue weighted by Crippen LogP contribution is -2.03. The van der Waals surface area contributed by atoms with Gasteiger partial charge in [0, 0.05) is 10.9 Å². The maximum absolute atomic E-state index is 5.83. The fourth-order valence-corrected chi connectivity index (χ4v) is 2.65. The Balaban J connectivity index is 2.51. The van der Waals surface area contributed by atoms with Crippen LogP contribution in [-0.4, -0.2) is 13.7 Å². The van der Waals surface area contributed by atoms with Crippen LogP contribution < -0.4 is 10.5 Å². The molecule has 100 valence electrons. The molecule has 0 saturated carbocycles. The molecular weight excluding hydrogens is 242 g/mol. The molecule has 19 heavy (non-hydrogen) atoms. The van der Waals surface area contributed by atoms with Crippen molar-refractivity contribution in [1.82, 2.24) is 0 Å². The van der Waals surface area contributed by atoms with Crippen LogP contribution in [0.2, 0.25) is 0 Å². The number of rotatable bonds is 3. The van der Waals surface area contributed by atoms with Crippen LogP contribution in [0.25, 0.3) is 21.9 Å². The highest BCUT2D eigenvalue weighted by Gasteiger charge is 2.20. The van der Waals surface area contributed by atoms with Gasteiger partial charge in [0.25, 0.3) is 0 Å². The average Bonchev–Trinajstić information content (AvgIpc) is 2.92. The number of aryl methyl sites for hydroxylation is 2. The molecule has 2 heterocycles. The Morgan fingerprint density at radius 3 is 2.32 bits per heavy atom. The molecule has 0 spiro atoms. The zero-order valence-corrected chi connectivity index (χ0v) is 11.4. The van der Waals surface area contributed by atoms with E-state index in [-0.39, 0.29) is 0 Å². The highest BCUT2D eigenvalue weighted by molar-refractivity contribution is 6.04. The molecule has 2 aromatic heterocycles. The van der Waals surface area contributed by atoms with E-state index in [1.165, 1.54) is 0 Å². The first-order valence-corrected chi connectivity index (χ1v) is 6.35. The van der Waals surface area contributed by atoms with E-state index < -0.39 is 0 Å². The summed E-state index contributed by atoms with van der Waals surface area (Å²) < 4.78 is 17.1. The normalized spacial score (nSPS) is 11.6. The highest BCUT2D eigenvalue weighted by atomic mass is 16.5. The molecular formula is C15H17NO3. The summed E-state index contributed by atoms with van der Waals surface area (Å²) in [5.74, 6) is 2.45. The molecule has 4 nitrogen and oxygen atoms in total. The smallest absolute Gasteiger partial charge is 0.177 e. The van der Waals surface area contributed by atoms with Gasteiger partial charge in [-0.05, 0) is 38.9 Å². The lowest BCUT2D eigenvalue weighted by atomic mass is 10.0. The van der Waals surface area contributed by atoms with Gasteiger partial charge in [-0.3, -0.25) is 0 Å². The lowest BCUT2D eigenvalue weighted by Gasteiger charge is -2.07. The number of methoxy groups -OCH3 is 1. The zero-order valence-electron chi connectivity index (χ0n) is 11.4. The topological polar surface area (TPSA) is 61.5 Å². The van der Waals surface area contributed by atoms with Crippen molar-refractivity contribution in [2.24, 2.45) is 5.73 Å². The molecule has 0 atom stereocenters. The summed E-state index contributed by atoms with van der Waals surface area (Å²) in [5.41, 5.74) is 8.45. The fraction of sp³-hybridized carbons (Fsp3) is 0.333. The van der Waals surface area contributed by atoms with Crippen molar-refractivity contribution in [2.45, 2.75) is 20.3 Å². The van der Waals surface area contributed by atoms with Gasteiger partial charge in [0.2, 0.25) is 0 Å². The SMILES string of the molecule is COc1c2cc(C)oc2c(CCN)c2cc(C)oc12. The summed E-state index contributed by atoms with van der Waals surface area (Å²) in [6.07, 6.45) is 0.753. The summed E-state index contributed by atoms with van der Waals surface area (Å²) in [5, 5.41) is 1.98. The maximum Gasteiger partial charge on any atom is 0.177 e. The molecule has 3 aromatic rings. The van der Waals surface area contributed by atoms with Crippen LogP contribution in [0.3, 0.4) is 0 Å². The Kier molecular flexibility index (Phi) is 2.75. The summed E-state index contributed by atoms with van der Waals surface area (Å²) in [6, 6.07) is 3.99. The van der Waals surface area contributed by atoms with E-state index in [2.05, 4.69) is 0 Å². The van der Waals surface area contributed by atoms with Crippen LogP contribution in [-0.2, 0) is 6.42 Å². The first-order valence-electron chi connectivity index (χ1n) is 6.35. The number of hydrogen-bond acceptors (Lipinski definition) is 4. The van der Waals surface area contributed by atoms with Crippen molar-refractivity contribution in [2.75, 3.05) is 13.7 Å². The Labute approximate surface area is 111 Å². The van der Waals surface area contributed by atoms with Crippen LogP contribution in [0.5, 0.6) is 5.75 Å². The molecule has 0 unspecified atom stereocenters. The molecule has 0 aliphatic rings. The minimum absolute atomic E-state index is 0.570. The molecule has 0 fully saturated rings. The molecule has 0 radical (unpaired) electrons. The quantitative estimate of drug-likeness (QED) is 0.783. The monoisotopic (exact) mass is 259 g/mol. The van der Waals surface area contributed by atoms with Crippen molar-refractivity contribution in [3.05, 3.63) is 29.2 Å². The minimum atomic E-state index is 0.570. The van der Waals surface area contributed by atoms with Crippen LogP contribution in [0.1, 0.15) is 17.1 Å². The van der Waals surface area contributed by atoms with Gasteiger partial charge < -0.3 is 19.3 Å². The third kappa shape index (κ3) is 1.71. The van der Waals surface area contributed by atoms with Crippen molar-refractivity contribution in [1.29, 1.82) is 0 Å². The lowest BCUT2D eigenvalue weighted by molar-refractivity contribution is 0.413. The second kappa shape index (κ2) is 4.31. The average molecular weight is 259 g/mol. The first-order chi connectivity index (χ1) is 9.15. The minimum Gasteiger partial charge on any atom is -0.492 e. The molecule has 2 N–H and O–H groups in total. The highest BCUT2D eigenvalue weighted by Crippen LogP contribution is 2.41.